The lowest BCUT2D eigenvalue weighted by Crippen LogP contribution is -2.37. The van der Waals surface area contributed by atoms with Gasteiger partial charge in [-0.05, 0) is 42.5 Å². The van der Waals surface area contributed by atoms with Crippen molar-refractivity contribution in [3.63, 3.8) is 0 Å². The fourth-order valence-corrected chi connectivity index (χ4v) is 4.82. The normalized spacial score (nSPS) is 20.4. The lowest BCUT2D eigenvalue weighted by atomic mass is 9.89. The highest BCUT2D eigenvalue weighted by molar-refractivity contribution is 6.24. The third kappa shape index (κ3) is 3.87. The van der Waals surface area contributed by atoms with E-state index in [0.717, 1.165) is 4.90 Å². The highest BCUT2D eigenvalue weighted by atomic mass is 16.7. The van der Waals surface area contributed by atoms with E-state index in [0.29, 0.717) is 5.69 Å². The summed E-state index contributed by atoms with van der Waals surface area (Å²) in [5, 5.41) is 22.7. The predicted octanol–water partition coefficient (Wildman–Crippen LogP) is 3.36. The van der Waals surface area contributed by atoms with Crippen LogP contribution in [0.1, 0.15) is 22.0 Å². The van der Waals surface area contributed by atoms with E-state index in [1.807, 2.05) is 0 Å². The number of nitro groups is 1. The molecule has 3 aromatic rings. The Morgan fingerprint density at radius 2 is 1.58 bits per heavy atom. The van der Waals surface area contributed by atoms with Crippen molar-refractivity contribution in [1.29, 1.82) is 0 Å². The molecule has 0 aromatic heterocycles. The number of imide groups is 1. The summed E-state index contributed by atoms with van der Waals surface area (Å²) < 4.78 is 10.6. The van der Waals surface area contributed by atoms with Crippen LogP contribution in [0.2, 0.25) is 0 Å². The maximum absolute atomic E-state index is 13.8. The van der Waals surface area contributed by atoms with E-state index in [1.54, 1.807) is 30.3 Å². The van der Waals surface area contributed by atoms with Crippen molar-refractivity contribution >= 4 is 34.8 Å². The van der Waals surface area contributed by atoms with Crippen LogP contribution in [0.25, 0.3) is 0 Å². The molecule has 12 nitrogen and oxygen atoms in total. The molecule has 1 N–H and O–H groups in total. The number of hydrogen-bond acceptors (Lipinski definition) is 9. The van der Waals surface area contributed by atoms with Crippen LogP contribution >= 0.6 is 0 Å². The molecule has 38 heavy (non-hydrogen) atoms. The first kappa shape index (κ1) is 24.7. The van der Waals surface area contributed by atoms with Gasteiger partial charge in [0.05, 0.1) is 47.7 Å². The number of carbonyl (C=O) groups is 3. The van der Waals surface area contributed by atoms with Gasteiger partial charge in [-0.1, -0.05) is 18.2 Å². The molecule has 5 rings (SSSR count). The molecule has 0 radical (unpaired) electrons. The number of carboxylic acid groups (broad SMARTS) is 1. The molecule has 2 heterocycles. The number of hydrogen-bond donors (Lipinski definition) is 1. The first-order valence-electron chi connectivity index (χ1n) is 11.4. The van der Waals surface area contributed by atoms with Crippen molar-refractivity contribution in [3.05, 3.63) is 88.0 Å². The number of para-hydroxylation sites is 1. The summed E-state index contributed by atoms with van der Waals surface area (Å²) in [5.41, 5.74) is 0.373. The summed E-state index contributed by atoms with van der Waals surface area (Å²) in [5.74, 6) is -3.31. The van der Waals surface area contributed by atoms with E-state index in [9.17, 15) is 29.6 Å². The number of carbonyl (C=O) groups excluding carboxylic acids is 2. The number of aromatic carboxylic acids is 1. The van der Waals surface area contributed by atoms with Crippen molar-refractivity contribution in [2.24, 2.45) is 5.92 Å². The number of fused-ring (bicyclic) bond motifs is 1. The number of ether oxygens (including phenoxy) is 2. The SMILES string of the molecule is COc1cc([C@H]2[C@H]3C(=O)N(c4ccc(C(=O)O)cc4)C(=O)[C@@H]3ON2c2ccccc2)c([N+](=O)[O-])cc1OC. The molecule has 0 saturated carbocycles. The van der Waals surface area contributed by atoms with Crippen LogP contribution < -0.4 is 19.4 Å². The Morgan fingerprint density at radius 3 is 2.16 bits per heavy atom. The molecule has 2 amide bonds. The molecule has 194 valence electrons. The zero-order valence-electron chi connectivity index (χ0n) is 20.1. The summed E-state index contributed by atoms with van der Waals surface area (Å²) in [7, 11) is 2.72. The smallest absolute Gasteiger partial charge is 0.335 e. The van der Waals surface area contributed by atoms with Crippen molar-refractivity contribution in [3.8, 4) is 11.5 Å². The van der Waals surface area contributed by atoms with Gasteiger partial charge >= 0.3 is 5.97 Å². The molecule has 3 aromatic carbocycles. The first-order valence-corrected chi connectivity index (χ1v) is 11.4. The second-order valence-electron chi connectivity index (χ2n) is 8.55. The molecule has 2 aliphatic heterocycles. The summed E-state index contributed by atoms with van der Waals surface area (Å²) in [6, 6.07) is 15.4. The quantitative estimate of drug-likeness (QED) is 0.280. The van der Waals surface area contributed by atoms with Crippen LogP contribution in [-0.2, 0) is 14.4 Å². The van der Waals surface area contributed by atoms with E-state index in [-0.39, 0.29) is 34.0 Å². The second kappa shape index (κ2) is 9.48. The van der Waals surface area contributed by atoms with Gasteiger partial charge in [0.2, 0.25) is 5.91 Å². The Morgan fingerprint density at radius 1 is 0.947 bits per heavy atom. The first-order chi connectivity index (χ1) is 18.3. The van der Waals surface area contributed by atoms with Crippen molar-refractivity contribution in [2.45, 2.75) is 12.1 Å². The van der Waals surface area contributed by atoms with E-state index in [2.05, 4.69) is 0 Å². The summed E-state index contributed by atoms with van der Waals surface area (Å²) >= 11 is 0. The molecule has 2 aliphatic rings. The van der Waals surface area contributed by atoms with Gasteiger partial charge in [-0.2, -0.15) is 0 Å². The standard InChI is InChI=1S/C26H21N3O9/c1-36-19-12-17(18(29(34)35)13-20(19)37-2)22-21-23(38-28(22)16-6-4-3-5-7-16)25(31)27(24(21)30)15-10-8-14(9-11-15)26(32)33/h3-13,21-23H,1-2H3,(H,32,33)/t21-,22+,23-/m1/s1. The van der Waals surface area contributed by atoms with Crippen molar-refractivity contribution < 1.29 is 38.7 Å². The number of benzene rings is 3. The Balaban J connectivity index is 1.65. The van der Waals surface area contributed by atoms with Crippen molar-refractivity contribution in [2.75, 3.05) is 24.2 Å². The van der Waals surface area contributed by atoms with Crippen LogP contribution in [0.15, 0.2) is 66.7 Å². The Labute approximate surface area is 215 Å². The number of carboxylic acids is 1. The average molecular weight is 519 g/mol. The molecule has 2 saturated heterocycles. The van der Waals surface area contributed by atoms with Crippen LogP contribution in [-0.4, -0.2) is 48.1 Å². The minimum absolute atomic E-state index is 0.0154. The third-order valence-electron chi connectivity index (χ3n) is 6.55. The molecular formula is C26H21N3O9. The van der Waals surface area contributed by atoms with Gasteiger partial charge in [0.15, 0.2) is 17.6 Å². The molecule has 0 bridgehead atoms. The molecule has 12 heteroatoms. The van der Waals surface area contributed by atoms with Gasteiger partial charge in [0.1, 0.15) is 12.0 Å². The van der Waals surface area contributed by atoms with Gasteiger partial charge in [-0.25, -0.2) is 14.8 Å². The van der Waals surface area contributed by atoms with Crippen molar-refractivity contribution in [1.82, 2.24) is 0 Å². The molecule has 0 aliphatic carbocycles. The average Bonchev–Trinajstić information content (AvgIpc) is 3.43. The van der Waals surface area contributed by atoms with Crippen LogP contribution in [0.4, 0.5) is 17.1 Å². The van der Waals surface area contributed by atoms with E-state index in [4.69, 9.17) is 14.3 Å². The van der Waals surface area contributed by atoms with Crippen LogP contribution in [0, 0.1) is 16.0 Å². The van der Waals surface area contributed by atoms with Crippen LogP contribution in [0.5, 0.6) is 11.5 Å². The van der Waals surface area contributed by atoms with Crippen LogP contribution in [0.3, 0.4) is 0 Å². The topological polar surface area (TPSA) is 149 Å². The van der Waals surface area contributed by atoms with Gasteiger partial charge in [-0.3, -0.25) is 24.5 Å². The maximum Gasteiger partial charge on any atom is 0.335 e. The number of anilines is 2. The fraction of sp³-hybridized carbons (Fsp3) is 0.192. The fourth-order valence-electron chi connectivity index (χ4n) is 4.82. The molecule has 0 unspecified atom stereocenters. The lowest BCUT2D eigenvalue weighted by Gasteiger charge is -2.29. The van der Waals surface area contributed by atoms with Gasteiger partial charge in [0.25, 0.3) is 11.6 Å². The third-order valence-corrected chi connectivity index (χ3v) is 6.55. The van der Waals surface area contributed by atoms with Gasteiger partial charge < -0.3 is 14.6 Å². The van der Waals surface area contributed by atoms with E-state index < -0.39 is 40.8 Å². The Hall–Kier alpha value is -4.97. The highest BCUT2D eigenvalue weighted by Crippen LogP contribution is 2.51. The summed E-state index contributed by atoms with van der Waals surface area (Å²) in [6.45, 7) is 0. The van der Waals surface area contributed by atoms with E-state index >= 15 is 0 Å². The van der Waals surface area contributed by atoms with Gasteiger partial charge in [0, 0.05) is 0 Å². The number of rotatable bonds is 7. The molecule has 0 spiro atoms. The highest BCUT2D eigenvalue weighted by Gasteiger charge is 2.61. The Bertz CT molecular complexity index is 1440. The zero-order valence-corrected chi connectivity index (χ0v) is 20.1. The minimum Gasteiger partial charge on any atom is -0.493 e. The molecular weight excluding hydrogens is 498 g/mol. The largest absolute Gasteiger partial charge is 0.493 e. The zero-order chi connectivity index (χ0) is 27.1. The summed E-state index contributed by atoms with van der Waals surface area (Å²) in [4.78, 5) is 57.0. The minimum atomic E-state index is -1.28. The number of nitrogens with zero attached hydrogens (tertiary/aromatic N) is 3. The second-order valence-corrected chi connectivity index (χ2v) is 8.55. The monoisotopic (exact) mass is 519 g/mol. The Kier molecular flexibility index (Phi) is 6.17. The lowest BCUT2D eigenvalue weighted by molar-refractivity contribution is -0.385. The number of hydroxylamine groups is 1. The van der Waals surface area contributed by atoms with Gasteiger partial charge in [-0.15, -0.1) is 0 Å². The number of methoxy groups -OCH3 is 2. The summed E-state index contributed by atoms with van der Waals surface area (Å²) in [6.07, 6.45) is -1.28. The molecule has 3 atom stereocenters. The maximum atomic E-state index is 13.8. The van der Waals surface area contributed by atoms with E-state index in [1.165, 1.54) is 55.7 Å². The number of nitro benzene ring substituents is 1. The number of amides is 2. The predicted molar refractivity (Wildman–Crippen MR) is 132 cm³/mol. The molecule has 2 fully saturated rings.